The van der Waals surface area contributed by atoms with E-state index >= 15 is 0 Å². The van der Waals surface area contributed by atoms with Crippen molar-refractivity contribution in [3.63, 3.8) is 0 Å². The quantitative estimate of drug-likeness (QED) is 0.631. The van der Waals surface area contributed by atoms with E-state index < -0.39 is 5.72 Å². The van der Waals surface area contributed by atoms with E-state index in [1.54, 1.807) is 14.2 Å². The highest BCUT2D eigenvalue weighted by molar-refractivity contribution is 8.14. The van der Waals surface area contributed by atoms with Crippen LogP contribution in [-0.4, -0.2) is 47.9 Å². The summed E-state index contributed by atoms with van der Waals surface area (Å²) in [6, 6.07) is 14.2. The van der Waals surface area contributed by atoms with E-state index in [-0.39, 0.29) is 17.0 Å². The smallest absolute Gasteiger partial charge is 0.316 e. The summed E-state index contributed by atoms with van der Waals surface area (Å²) in [5.74, 6) is 2.35. The number of hydrogen-bond acceptors (Lipinski definition) is 5. The number of anilines is 1. The van der Waals surface area contributed by atoms with E-state index in [1.807, 2.05) is 30.0 Å². The van der Waals surface area contributed by atoms with Crippen molar-refractivity contribution in [2.24, 2.45) is 0 Å². The summed E-state index contributed by atoms with van der Waals surface area (Å²) in [6.07, 6.45) is 2.12. The number of aliphatic hydroxyl groups is 1. The van der Waals surface area contributed by atoms with Gasteiger partial charge in [0.2, 0.25) is 0 Å². The second-order valence-corrected chi connectivity index (χ2v) is 8.21. The number of ether oxygens (including phenoxy) is 2. The van der Waals surface area contributed by atoms with Crippen LogP contribution in [0.3, 0.4) is 0 Å². The predicted molar refractivity (Wildman–Crippen MR) is 114 cm³/mol. The van der Waals surface area contributed by atoms with Gasteiger partial charge < -0.3 is 31.6 Å². The molecule has 0 saturated heterocycles. The first-order valence-corrected chi connectivity index (χ1v) is 10.7. The lowest BCUT2D eigenvalue weighted by Crippen LogP contribution is -3.00. The third-order valence-corrected chi connectivity index (χ3v) is 6.69. The largest absolute Gasteiger partial charge is 1.00 e. The minimum Gasteiger partial charge on any atom is -1.00 e. The summed E-state index contributed by atoms with van der Waals surface area (Å²) in [5, 5.41) is 13.1. The van der Waals surface area contributed by atoms with Crippen LogP contribution in [0.1, 0.15) is 24.5 Å². The molecular formula is C22H27BrN2O3S. The molecule has 0 radical (unpaired) electrons. The first-order valence-electron chi connectivity index (χ1n) is 9.69. The Labute approximate surface area is 187 Å². The first-order chi connectivity index (χ1) is 13.6. The minimum absolute atomic E-state index is 0. The number of halogens is 1. The molecule has 2 aliphatic heterocycles. The molecule has 29 heavy (non-hydrogen) atoms. The van der Waals surface area contributed by atoms with Crippen molar-refractivity contribution in [2.45, 2.75) is 25.5 Å². The number of thioether (sulfide) groups is 1. The first kappa shape index (κ1) is 22.0. The van der Waals surface area contributed by atoms with E-state index in [9.17, 15) is 5.11 Å². The number of nitrogens with zero attached hydrogens (tertiary/aromatic N) is 2. The molecule has 0 saturated carbocycles. The molecule has 1 unspecified atom stereocenters. The van der Waals surface area contributed by atoms with Gasteiger partial charge in [0.25, 0.3) is 5.72 Å². The summed E-state index contributed by atoms with van der Waals surface area (Å²) in [5.41, 5.74) is 1.92. The fraction of sp³-hybridized carbons (Fsp3) is 0.409. The van der Waals surface area contributed by atoms with E-state index in [2.05, 4.69) is 40.7 Å². The molecule has 7 heteroatoms. The molecule has 1 N–H and O–H groups in total. The number of amidine groups is 1. The third-order valence-electron chi connectivity index (χ3n) is 5.50. The standard InChI is InChI=1S/C22H27N2O3S.BrH/c1-4-16-6-9-18(10-7-16)24-21-23(12-5-13-28-21)15-22(24,25)17-8-11-19(26-2)20(14-17)27-3;/h6-11,14,25H,4-5,12-13,15H2,1-3H3;1H/q+1;/p-1. The Balaban J connectivity index is 0.00000240. The molecular weight excluding hydrogens is 452 g/mol. The van der Waals surface area contributed by atoms with E-state index in [1.165, 1.54) is 5.56 Å². The van der Waals surface area contributed by atoms with Crippen molar-refractivity contribution in [3.05, 3.63) is 53.6 Å². The highest BCUT2D eigenvalue weighted by atomic mass is 79.9. The third kappa shape index (κ3) is 3.88. The molecule has 0 fully saturated rings. The van der Waals surface area contributed by atoms with Crippen LogP contribution in [0, 0.1) is 0 Å². The normalized spacial score (nSPS) is 20.9. The summed E-state index contributed by atoms with van der Waals surface area (Å²) < 4.78 is 13.2. The fourth-order valence-corrected chi connectivity index (χ4v) is 5.14. The van der Waals surface area contributed by atoms with E-state index in [4.69, 9.17) is 9.47 Å². The topological polar surface area (TPSA) is 44.9 Å². The number of rotatable bonds is 5. The van der Waals surface area contributed by atoms with Crippen molar-refractivity contribution < 1.29 is 36.1 Å². The van der Waals surface area contributed by atoms with Crippen molar-refractivity contribution in [3.8, 4) is 11.5 Å². The Morgan fingerprint density at radius 1 is 1.10 bits per heavy atom. The summed E-state index contributed by atoms with van der Waals surface area (Å²) in [6.45, 7) is 3.64. The zero-order valence-electron chi connectivity index (χ0n) is 17.0. The lowest BCUT2D eigenvalue weighted by Gasteiger charge is -2.29. The lowest BCUT2D eigenvalue weighted by molar-refractivity contribution is -0.532. The van der Waals surface area contributed by atoms with E-state index in [0.717, 1.165) is 41.6 Å². The van der Waals surface area contributed by atoms with Crippen LogP contribution in [0.5, 0.6) is 11.5 Å². The van der Waals surface area contributed by atoms with Gasteiger partial charge in [0.15, 0.2) is 18.0 Å². The summed E-state index contributed by atoms with van der Waals surface area (Å²) in [7, 11) is 3.24. The molecule has 0 spiro atoms. The average molecular weight is 479 g/mol. The van der Waals surface area contributed by atoms with Gasteiger partial charge in [-0.15, -0.1) is 0 Å². The van der Waals surface area contributed by atoms with Gasteiger partial charge in [0, 0.05) is 11.3 Å². The summed E-state index contributed by atoms with van der Waals surface area (Å²) in [4.78, 5) is 2.08. The maximum atomic E-state index is 12.0. The second-order valence-electron chi connectivity index (χ2n) is 7.15. The average Bonchev–Trinajstić information content (AvgIpc) is 3.06. The molecule has 0 amide bonds. The molecule has 0 aliphatic carbocycles. The molecule has 0 bridgehead atoms. The Bertz CT molecular complexity index is 903. The molecule has 4 rings (SSSR count). The van der Waals surface area contributed by atoms with Gasteiger partial charge in [0.05, 0.1) is 20.8 Å². The Morgan fingerprint density at radius 3 is 2.48 bits per heavy atom. The monoisotopic (exact) mass is 478 g/mol. The number of methoxy groups -OCH3 is 2. The van der Waals surface area contributed by atoms with Crippen LogP contribution in [-0.2, 0) is 12.1 Å². The van der Waals surface area contributed by atoms with Crippen LogP contribution in [0.15, 0.2) is 42.5 Å². The minimum atomic E-state index is -1.17. The number of hydrogen-bond donors (Lipinski definition) is 1. The van der Waals surface area contributed by atoms with Crippen LogP contribution < -0.4 is 31.4 Å². The SMILES string of the molecule is CCc1ccc(N2C3=[N+](CCCS3)CC2(O)c2ccc(OC)c(OC)c2)cc1.[Br-]. The van der Waals surface area contributed by atoms with Crippen LogP contribution in [0.2, 0.25) is 0 Å². The van der Waals surface area contributed by atoms with Crippen molar-refractivity contribution in [2.75, 3.05) is 38.0 Å². The maximum Gasteiger partial charge on any atom is 0.316 e. The van der Waals surface area contributed by atoms with Crippen molar-refractivity contribution in [1.82, 2.24) is 0 Å². The van der Waals surface area contributed by atoms with Gasteiger partial charge in [0.1, 0.15) is 5.69 Å². The second kappa shape index (κ2) is 8.98. The molecule has 2 aromatic rings. The number of benzene rings is 2. The van der Waals surface area contributed by atoms with Crippen LogP contribution in [0.25, 0.3) is 0 Å². The van der Waals surface area contributed by atoms with Gasteiger partial charge in [-0.1, -0.05) is 19.1 Å². The molecule has 5 nitrogen and oxygen atoms in total. The van der Waals surface area contributed by atoms with Gasteiger partial charge in [-0.05, 0) is 60.5 Å². The molecule has 0 aromatic heterocycles. The molecule has 2 aromatic carbocycles. The number of aryl methyl sites for hydroxylation is 1. The zero-order valence-corrected chi connectivity index (χ0v) is 19.4. The van der Waals surface area contributed by atoms with Crippen LogP contribution >= 0.6 is 11.8 Å². The van der Waals surface area contributed by atoms with E-state index in [0.29, 0.717) is 18.0 Å². The summed E-state index contributed by atoms with van der Waals surface area (Å²) >= 11 is 1.81. The molecule has 1 atom stereocenters. The van der Waals surface area contributed by atoms with Crippen molar-refractivity contribution in [1.29, 1.82) is 0 Å². The van der Waals surface area contributed by atoms with Gasteiger partial charge >= 0.3 is 5.17 Å². The van der Waals surface area contributed by atoms with Gasteiger partial charge in [-0.25, -0.2) is 4.58 Å². The van der Waals surface area contributed by atoms with Crippen molar-refractivity contribution >= 4 is 22.6 Å². The predicted octanol–water partition coefficient (Wildman–Crippen LogP) is 0.441. The Kier molecular flexibility index (Phi) is 6.81. The lowest BCUT2D eigenvalue weighted by atomic mass is 10.00. The molecule has 156 valence electrons. The highest BCUT2D eigenvalue weighted by Gasteiger charge is 2.55. The molecule has 2 aliphatic rings. The Morgan fingerprint density at radius 2 is 1.83 bits per heavy atom. The van der Waals surface area contributed by atoms with Gasteiger partial charge in [-0.3, -0.25) is 0 Å². The fourth-order valence-electron chi connectivity index (χ4n) is 3.96. The molecule has 2 heterocycles. The van der Waals surface area contributed by atoms with Gasteiger partial charge in [-0.2, -0.15) is 4.90 Å². The van der Waals surface area contributed by atoms with Crippen LogP contribution in [0.4, 0.5) is 5.69 Å². The Hall–Kier alpha value is -1.70. The zero-order chi connectivity index (χ0) is 19.7. The highest BCUT2D eigenvalue weighted by Crippen LogP contribution is 2.42. The maximum absolute atomic E-state index is 12.0.